The third kappa shape index (κ3) is 97.5. The molecule has 0 rings (SSSR count). The molecule has 7 heteroatoms. The van der Waals surface area contributed by atoms with E-state index in [9.17, 15) is 0 Å². The van der Waals surface area contributed by atoms with Crippen molar-refractivity contribution in [3.8, 4) is 0 Å². The normalized spacial score (nSPS) is 5.45. The van der Waals surface area contributed by atoms with E-state index in [0.717, 1.165) is 0 Å². The minimum Gasteiger partial charge on any atom is -1.00 e. The first kappa shape index (κ1) is 29.6. The van der Waals surface area contributed by atoms with Crippen LogP contribution in [0, 0.1) is 0 Å². The molecule has 0 aromatic heterocycles. The number of halogens is 2. The van der Waals surface area contributed by atoms with Crippen LogP contribution in [0.5, 0.6) is 0 Å². The molecule has 4 nitrogen and oxygen atoms in total. The minimum atomic E-state index is -0.125. The molecule has 0 fully saturated rings. The van der Waals surface area contributed by atoms with Crippen molar-refractivity contribution in [2.45, 2.75) is 0 Å². The minimum absolute atomic E-state index is 0. The van der Waals surface area contributed by atoms with Crippen LogP contribution < -0.4 is 24.8 Å². The van der Waals surface area contributed by atoms with Gasteiger partial charge in [0.25, 0.3) is 0 Å². The summed E-state index contributed by atoms with van der Waals surface area (Å²) in [5, 5.41) is 30.5. The molecule has 0 radical (unpaired) electrons. The molecule has 11 heavy (non-hydrogen) atoms. The summed E-state index contributed by atoms with van der Waals surface area (Å²) < 4.78 is 0. The maximum absolute atomic E-state index is 7.62. The first-order valence-electron chi connectivity index (χ1n) is 2.26. The standard InChI is InChI=1S/2C2H6O2.2ClH.Zn/c2*3-1-2-4;;;/h2*3-4H,1-2H2;2*1H;/q;;;;+2/p-2. The molecule has 0 aliphatic carbocycles. The smallest absolute Gasteiger partial charge is 1.00 e. The van der Waals surface area contributed by atoms with Gasteiger partial charge in [-0.1, -0.05) is 0 Å². The Morgan fingerprint density at radius 2 is 0.636 bits per heavy atom. The topological polar surface area (TPSA) is 80.9 Å². The Morgan fingerprint density at radius 3 is 0.636 bits per heavy atom. The SMILES string of the molecule is OCCO.OCCO.[Cl-].[Cl-].[Zn+2]. The zero-order valence-corrected chi connectivity index (χ0v) is 10.6. The zero-order chi connectivity index (χ0) is 6.83. The van der Waals surface area contributed by atoms with Crippen LogP contribution in [0.4, 0.5) is 0 Å². The molecule has 0 aromatic rings. The van der Waals surface area contributed by atoms with Crippen molar-refractivity contribution in [2.24, 2.45) is 0 Å². The predicted molar refractivity (Wildman–Crippen MR) is 28.3 cm³/mol. The van der Waals surface area contributed by atoms with Crippen molar-refractivity contribution in [3.05, 3.63) is 0 Å². The Bertz CT molecular complexity index is 28.1. The average Bonchev–Trinajstić information content (AvgIpc) is 1.88. The van der Waals surface area contributed by atoms with Crippen molar-refractivity contribution in [3.63, 3.8) is 0 Å². The van der Waals surface area contributed by atoms with Gasteiger partial charge in [-0.15, -0.1) is 0 Å². The van der Waals surface area contributed by atoms with Crippen LogP contribution in [0.3, 0.4) is 0 Å². The van der Waals surface area contributed by atoms with Gasteiger partial charge in [-0.3, -0.25) is 0 Å². The first-order valence-corrected chi connectivity index (χ1v) is 2.26. The fourth-order valence-corrected chi connectivity index (χ4v) is 0. The molecular formula is C4H12Cl2O4Zn. The zero-order valence-electron chi connectivity index (χ0n) is 6.08. The molecule has 0 aliphatic heterocycles. The van der Waals surface area contributed by atoms with E-state index in [2.05, 4.69) is 0 Å². The van der Waals surface area contributed by atoms with E-state index >= 15 is 0 Å². The largest absolute Gasteiger partial charge is 2.00 e. The summed E-state index contributed by atoms with van der Waals surface area (Å²) in [4.78, 5) is 0. The van der Waals surface area contributed by atoms with Crippen molar-refractivity contribution in [2.75, 3.05) is 26.4 Å². The number of hydrogen-bond donors (Lipinski definition) is 4. The van der Waals surface area contributed by atoms with Crippen molar-refractivity contribution < 1.29 is 64.7 Å². The summed E-state index contributed by atoms with van der Waals surface area (Å²) in [6, 6.07) is 0. The molecule has 4 N–H and O–H groups in total. The number of rotatable bonds is 2. The van der Waals surface area contributed by atoms with Crippen LogP contribution in [0.2, 0.25) is 0 Å². The second-order valence-electron chi connectivity index (χ2n) is 0.894. The molecule has 0 aromatic carbocycles. The van der Waals surface area contributed by atoms with Crippen LogP contribution in [0.25, 0.3) is 0 Å². The van der Waals surface area contributed by atoms with Gasteiger partial charge >= 0.3 is 19.5 Å². The number of aliphatic hydroxyl groups is 4. The van der Waals surface area contributed by atoms with Gasteiger partial charge in [0.2, 0.25) is 0 Å². The summed E-state index contributed by atoms with van der Waals surface area (Å²) in [5.74, 6) is 0. The van der Waals surface area contributed by atoms with E-state index in [1.807, 2.05) is 0 Å². The third-order valence-corrected chi connectivity index (χ3v) is 0.200. The van der Waals surface area contributed by atoms with Crippen LogP contribution in [-0.4, -0.2) is 46.9 Å². The maximum Gasteiger partial charge on any atom is 2.00 e. The maximum atomic E-state index is 7.62. The van der Waals surface area contributed by atoms with Crippen LogP contribution in [-0.2, 0) is 19.5 Å². The molecule has 0 atom stereocenters. The Hall–Kier alpha value is 1.04. The molecule has 68 valence electrons. The van der Waals surface area contributed by atoms with Gasteiger partial charge in [-0.05, 0) is 0 Å². The molecule has 0 bridgehead atoms. The Morgan fingerprint density at radius 1 is 0.545 bits per heavy atom. The fraction of sp³-hybridized carbons (Fsp3) is 1.00. The molecule has 0 heterocycles. The number of aliphatic hydroxyl groups excluding tert-OH is 4. The van der Waals surface area contributed by atoms with Crippen molar-refractivity contribution >= 4 is 0 Å². The fourth-order valence-electron chi connectivity index (χ4n) is 0. The summed E-state index contributed by atoms with van der Waals surface area (Å²) in [6.07, 6.45) is 0. The van der Waals surface area contributed by atoms with Gasteiger partial charge in [0.15, 0.2) is 0 Å². The average molecular weight is 260 g/mol. The molecule has 0 aliphatic rings. The van der Waals surface area contributed by atoms with Gasteiger partial charge in [-0.25, -0.2) is 0 Å². The predicted octanol–water partition coefficient (Wildman–Crippen LogP) is -8.05. The second-order valence-corrected chi connectivity index (χ2v) is 0.894. The molecule has 0 amide bonds. The Kier molecular flexibility index (Phi) is 118. The quantitative estimate of drug-likeness (QED) is 0.372. The van der Waals surface area contributed by atoms with Gasteiger partial charge in [-0.2, -0.15) is 0 Å². The molecule has 0 saturated carbocycles. The van der Waals surface area contributed by atoms with Crippen LogP contribution in [0.15, 0.2) is 0 Å². The van der Waals surface area contributed by atoms with E-state index in [-0.39, 0.29) is 70.7 Å². The second kappa shape index (κ2) is 43.8. The van der Waals surface area contributed by atoms with Gasteiger partial charge < -0.3 is 45.2 Å². The molecule has 0 unspecified atom stereocenters. The van der Waals surface area contributed by atoms with Gasteiger partial charge in [0.1, 0.15) is 0 Å². The summed E-state index contributed by atoms with van der Waals surface area (Å²) in [6.45, 7) is -0.500. The van der Waals surface area contributed by atoms with Crippen LogP contribution in [0.1, 0.15) is 0 Å². The number of hydrogen-bond acceptors (Lipinski definition) is 4. The molecular weight excluding hydrogens is 248 g/mol. The monoisotopic (exact) mass is 258 g/mol. The van der Waals surface area contributed by atoms with Gasteiger partial charge in [0, 0.05) is 0 Å². The molecule has 0 spiro atoms. The summed E-state index contributed by atoms with van der Waals surface area (Å²) in [7, 11) is 0. The van der Waals surface area contributed by atoms with E-state index in [1.165, 1.54) is 0 Å². The summed E-state index contributed by atoms with van der Waals surface area (Å²) >= 11 is 0. The Balaban J connectivity index is -0.0000000171. The van der Waals surface area contributed by atoms with Gasteiger partial charge in [0.05, 0.1) is 26.4 Å². The molecule has 0 saturated heterocycles. The van der Waals surface area contributed by atoms with Crippen molar-refractivity contribution in [1.82, 2.24) is 0 Å². The Labute approximate surface area is 91.2 Å². The van der Waals surface area contributed by atoms with Crippen LogP contribution >= 0.6 is 0 Å². The summed E-state index contributed by atoms with van der Waals surface area (Å²) in [5.41, 5.74) is 0. The van der Waals surface area contributed by atoms with Crippen molar-refractivity contribution in [1.29, 1.82) is 0 Å². The first-order chi connectivity index (χ1) is 3.83. The van der Waals surface area contributed by atoms with E-state index in [0.29, 0.717) is 0 Å². The van der Waals surface area contributed by atoms with E-state index in [1.54, 1.807) is 0 Å². The van der Waals surface area contributed by atoms with E-state index in [4.69, 9.17) is 20.4 Å². The third-order valence-electron chi connectivity index (χ3n) is 0.200. The van der Waals surface area contributed by atoms with E-state index < -0.39 is 0 Å².